The van der Waals surface area contributed by atoms with Gasteiger partial charge in [-0.15, -0.1) is 0 Å². The smallest absolute Gasteiger partial charge is 0.162 e. The molecule has 3 atom stereocenters. The zero-order chi connectivity index (χ0) is 13.9. The number of phenols is 1. The summed E-state index contributed by atoms with van der Waals surface area (Å²) in [7, 11) is 1.57. The minimum Gasteiger partial charge on any atom is -0.504 e. The molecule has 0 radical (unpaired) electrons. The lowest BCUT2D eigenvalue weighted by Gasteiger charge is -2.44. The fourth-order valence-electron chi connectivity index (χ4n) is 4.20. The van der Waals surface area contributed by atoms with Crippen molar-refractivity contribution in [1.82, 2.24) is 4.90 Å². The zero-order valence-corrected chi connectivity index (χ0v) is 11.4. The second kappa shape index (κ2) is 3.85. The standard InChI is InChI=1S/C16H17NO3/c1-20-12-3-2-10-9-17-7-6-16(14(10)15(12)19)5-4-11(18)8-13(16)17/h2-5,13,19H,6-9H2,1H3/t13-,16-/m1/s1. The number of ketones is 1. The van der Waals surface area contributed by atoms with Gasteiger partial charge >= 0.3 is 0 Å². The molecule has 4 rings (SSSR count). The molecule has 0 saturated carbocycles. The van der Waals surface area contributed by atoms with E-state index in [0.29, 0.717) is 12.2 Å². The zero-order valence-electron chi connectivity index (χ0n) is 11.4. The topological polar surface area (TPSA) is 49.8 Å². The number of hydrogen-bond donors (Lipinski definition) is 1. The van der Waals surface area contributed by atoms with Gasteiger partial charge in [0, 0.05) is 36.5 Å². The molecule has 0 amide bonds. The van der Waals surface area contributed by atoms with Crippen molar-refractivity contribution in [2.75, 3.05) is 13.7 Å². The van der Waals surface area contributed by atoms with Crippen LogP contribution in [0.25, 0.3) is 0 Å². The van der Waals surface area contributed by atoms with Gasteiger partial charge < -0.3 is 9.84 Å². The van der Waals surface area contributed by atoms with E-state index in [1.807, 2.05) is 18.2 Å². The maximum atomic E-state index is 11.8. The average molecular weight is 271 g/mol. The van der Waals surface area contributed by atoms with Crippen molar-refractivity contribution in [2.24, 2.45) is 0 Å². The Morgan fingerprint density at radius 1 is 1.45 bits per heavy atom. The molecule has 1 saturated heterocycles. The van der Waals surface area contributed by atoms with Crippen LogP contribution >= 0.6 is 0 Å². The van der Waals surface area contributed by atoms with E-state index < -0.39 is 0 Å². The van der Waals surface area contributed by atoms with Gasteiger partial charge in [-0.3, -0.25) is 9.69 Å². The maximum Gasteiger partial charge on any atom is 0.162 e. The first-order valence-electron chi connectivity index (χ1n) is 7.01. The molecule has 2 aliphatic heterocycles. The van der Waals surface area contributed by atoms with Crippen LogP contribution in [0.15, 0.2) is 24.3 Å². The number of ether oxygens (including phenoxy) is 1. The molecule has 1 unspecified atom stereocenters. The van der Waals surface area contributed by atoms with Gasteiger partial charge in [0.15, 0.2) is 17.3 Å². The summed E-state index contributed by atoms with van der Waals surface area (Å²) < 4.78 is 5.26. The molecular weight excluding hydrogens is 254 g/mol. The third-order valence-corrected chi connectivity index (χ3v) is 5.10. The Morgan fingerprint density at radius 3 is 3.10 bits per heavy atom. The van der Waals surface area contributed by atoms with Crippen LogP contribution in [0, 0.1) is 0 Å². The molecule has 4 nitrogen and oxygen atoms in total. The van der Waals surface area contributed by atoms with E-state index in [-0.39, 0.29) is 23.0 Å². The lowest BCUT2D eigenvalue weighted by Crippen LogP contribution is -2.48. The first kappa shape index (κ1) is 12.0. The van der Waals surface area contributed by atoms with Gasteiger partial charge in [-0.1, -0.05) is 12.1 Å². The van der Waals surface area contributed by atoms with Crippen molar-refractivity contribution >= 4 is 5.78 Å². The van der Waals surface area contributed by atoms with Crippen LogP contribution in [0.2, 0.25) is 0 Å². The Bertz CT molecular complexity index is 637. The van der Waals surface area contributed by atoms with Crippen molar-refractivity contribution in [3.05, 3.63) is 35.4 Å². The highest BCUT2D eigenvalue weighted by Crippen LogP contribution is 2.54. The number of allylic oxidation sites excluding steroid dienone is 1. The first-order valence-corrected chi connectivity index (χ1v) is 7.01. The number of phenolic OH excluding ortho intramolecular Hbond substituents is 1. The van der Waals surface area contributed by atoms with Crippen molar-refractivity contribution in [2.45, 2.75) is 30.8 Å². The highest BCUT2D eigenvalue weighted by atomic mass is 16.5. The van der Waals surface area contributed by atoms with E-state index in [1.165, 1.54) is 0 Å². The molecule has 1 fully saturated rings. The van der Waals surface area contributed by atoms with Gasteiger partial charge in [0.2, 0.25) is 0 Å². The summed E-state index contributed by atoms with van der Waals surface area (Å²) in [6.07, 6.45) is 5.20. The SMILES string of the molecule is COc1ccc2c(c1O)[C@@]13C=CC(=O)C[C@H]1N(CC3)C2. The molecule has 20 heavy (non-hydrogen) atoms. The van der Waals surface area contributed by atoms with E-state index in [9.17, 15) is 9.90 Å². The van der Waals surface area contributed by atoms with Crippen LogP contribution in [0.4, 0.5) is 0 Å². The van der Waals surface area contributed by atoms with Crippen molar-refractivity contribution in [3.8, 4) is 11.5 Å². The number of fused-ring (bicyclic) bond motifs is 1. The molecule has 0 aromatic heterocycles. The van der Waals surface area contributed by atoms with Crippen LogP contribution in [0.1, 0.15) is 24.0 Å². The van der Waals surface area contributed by atoms with Crippen molar-refractivity contribution in [3.63, 3.8) is 0 Å². The summed E-state index contributed by atoms with van der Waals surface area (Å²) >= 11 is 0. The molecule has 4 heteroatoms. The predicted molar refractivity (Wildman–Crippen MR) is 73.9 cm³/mol. The fourth-order valence-corrected chi connectivity index (χ4v) is 4.20. The number of hydrogen-bond acceptors (Lipinski definition) is 4. The largest absolute Gasteiger partial charge is 0.504 e. The molecule has 3 aliphatic rings. The number of aromatic hydroxyl groups is 1. The molecular formula is C16H17NO3. The summed E-state index contributed by atoms with van der Waals surface area (Å²) in [5.41, 5.74) is 1.90. The lowest BCUT2D eigenvalue weighted by atomic mass is 9.66. The molecule has 0 spiro atoms. The van der Waals surface area contributed by atoms with Gasteiger partial charge in [0.1, 0.15) is 0 Å². The second-order valence-corrected chi connectivity index (χ2v) is 5.93. The maximum absolute atomic E-state index is 11.8. The molecule has 2 bridgehead atoms. The number of carbonyl (C=O) groups excluding carboxylic acids is 1. The minimum atomic E-state index is -0.222. The van der Waals surface area contributed by atoms with Crippen LogP contribution in [0.3, 0.4) is 0 Å². The number of methoxy groups -OCH3 is 1. The monoisotopic (exact) mass is 271 g/mol. The van der Waals surface area contributed by atoms with E-state index >= 15 is 0 Å². The van der Waals surface area contributed by atoms with Crippen LogP contribution in [-0.4, -0.2) is 35.5 Å². The third-order valence-electron chi connectivity index (χ3n) is 5.10. The molecule has 1 aromatic rings. The molecule has 1 aromatic carbocycles. The summed E-state index contributed by atoms with van der Waals surface area (Å²) in [5, 5.41) is 10.6. The molecule has 1 aliphatic carbocycles. The number of nitrogens with zero attached hydrogens (tertiary/aromatic N) is 1. The predicted octanol–water partition coefficient (Wildman–Crippen LogP) is 1.76. The lowest BCUT2D eigenvalue weighted by molar-refractivity contribution is -0.116. The highest BCUT2D eigenvalue weighted by molar-refractivity contribution is 5.92. The van der Waals surface area contributed by atoms with Crippen molar-refractivity contribution < 1.29 is 14.6 Å². The Hall–Kier alpha value is -1.81. The van der Waals surface area contributed by atoms with Gasteiger partial charge in [-0.05, 0) is 24.1 Å². The highest BCUT2D eigenvalue weighted by Gasteiger charge is 2.54. The number of carbonyl (C=O) groups is 1. The van der Waals surface area contributed by atoms with Gasteiger partial charge in [-0.25, -0.2) is 0 Å². The minimum absolute atomic E-state index is 0.184. The van der Waals surface area contributed by atoms with Crippen LogP contribution < -0.4 is 4.74 Å². The average Bonchev–Trinajstić information content (AvgIpc) is 2.70. The summed E-state index contributed by atoms with van der Waals surface area (Å²) in [6.45, 7) is 1.78. The van der Waals surface area contributed by atoms with Crippen molar-refractivity contribution in [1.29, 1.82) is 0 Å². The summed E-state index contributed by atoms with van der Waals surface area (Å²) in [4.78, 5) is 14.1. The van der Waals surface area contributed by atoms with Gasteiger partial charge in [-0.2, -0.15) is 0 Å². The summed E-state index contributed by atoms with van der Waals surface area (Å²) in [5.74, 6) is 0.946. The number of rotatable bonds is 1. The Labute approximate surface area is 117 Å². The first-order chi connectivity index (χ1) is 9.65. The number of benzene rings is 1. The van der Waals surface area contributed by atoms with E-state index in [0.717, 1.165) is 30.6 Å². The van der Waals surface area contributed by atoms with E-state index in [2.05, 4.69) is 4.90 Å². The Balaban J connectivity index is 1.99. The van der Waals surface area contributed by atoms with Crippen LogP contribution in [0.5, 0.6) is 11.5 Å². The third kappa shape index (κ3) is 1.32. The Kier molecular flexibility index (Phi) is 2.31. The van der Waals surface area contributed by atoms with E-state index in [1.54, 1.807) is 13.2 Å². The normalized spacial score (nSPS) is 33.8. The second-order valence-electron chi connectivity index (χ2n) is 5.93. The van der Waals surface area contributed by atoms with E-state index in [4.69, 9.17) is 4.74 Å². The summed E-state index contributed by atoms with van der Waals surface area (Å²) in [6, 6.07) is 4.04. The Morgan fingerprint density at radius 2 is 2.30 bits per heavy atom. The molecule has 2 heterocycles. The quantitative estimate of drug-likeness (QED) is 0.845. The fraction of sp³-hybridized carbons (Fsp3) is 0.438. The van der Waals surface area contributed by atoms with Gasteiger partial charge in [0.25, 0.3) is 0 Å². The van der Waals surface area contributed by atoms with Gasteiger partial charge in [0.05, 0.1) is 7.11 Å². The molecule has 104 valence electrons. The molecule has 1 N–H and O–H groups in total. The van der Waals surface area contributed by atoms with Crippen LogP contribution in [-0.2, 0) is 16.8 Å².